The van der Waals surface area contributed by atoms with Crippen LogP contribution >= 0.6 is 0 Å². The summed E-state index contributed by atoms with van der Waals surface area (Å²) in [5, 5.41) is 3.21. The first-order chi connectivity index (χ1) is 11.1. The van der Waals surface area contributed by atoms with Gasteiger partial charge in [0, 0.05) is 24.5 Å². The molecule has 0 spiro atoms. The lowest BCUT2D eigenvalue weighted by Gasteiger charge is -2.29. The van der Waals surface area contributed by atoms with Crippen molar-refractivity contribution in [2.75, 3.05) is 29.9 Å². The lowest BCUT2D eigenvalue weighted by atomic mass is 10.2. The maximum atomic E-state index is 12.1. The molecule has 1 aromatic carbocycles. The van der Waals surface area contributed by atoms with Gasteiger partial charge in [-0.25, -0.2) is 9.97 Å². The summed E-state index contributed by atoms with van der Waals surface area (Å²) in [6.45, 7) is 5.34. The van der Waals surface area contributed by atoms with Gasteiger partial charge in [0.25, 0.3) is 5.91 Å². The highest BCUT2D eigenvalue weighted by atomic mass is 16.5. The number of amides is 1. The van der Waals surface area contributed by atoms with Gasteiger partial charge < -0.3 is 15.0 Å². The number of nitrogens with one attached hydrogen (secondary N) is 1. The highest BCUT2D eigenvalue weighted by Crippen LogP contribution is 2.31. The van der Waals surface area contributed by atoms with Crippen LogP contribution in [0.15, 0.2) is 30.3 Å². The summed E-state index contributed by atoms with van der Waals surface area (Å²) in [6, 6.07) is 9.55. The highest BCUT2D eigenvalue weighted by Gasteiger charge is 2.24. The van der Waals surface area contributed by atoms with E-state index in [1.54, 1.807) is 4.90 Å². The van der Waals surface area contributed by atoms with E-state index in [2.05, 4.69) is 15.3 Å². The minimum Gasteiger partial charge on any atom is -0.482 e. The average molecular weight is 312 g/mol. The molecule has 1 aliphatic heterocycles. The van der Waals surface area contributed by atoms with Crippen LogP contribution in [0.25, 0.3) is 0 Å². The van der Waals surface area contributed by atoms with E-state index in [0.29, 0.717) is 19.0 Å². The third-order valence-corrected chi connectivity index (χ3v) is 3.63. The van der Waals surface area contributed by atoms with Crippen LogP contribution in [0.4, 0.5) is 11.6 Å². The van der Waals surface area contributed by atoms with Crippen molar-refractivity contribution in [1.29, 1.82) is 0 Å². The Morgan fingerprint density at radius 1 is 1.22 bits per heavy atom. The summed E-state index contributed by atoms with van der Waals surface area (Å²) in [6.07, 6.45) is 0.802. The number of hydrogen-bond donors (Lipinski definition) is 1. The van der Waals surface area contributed by atoms with Gasteiger partial charge in [-0.3, -0.25) is 4.79 Å². The Morgan fingerprint density at radius 2 is 1.96 bits per heavy atom. The number of aryl methyl sites for hydroxylation is 2. The number of rotatable bonds is 5. The van der Waals surface area contributed by atoms with Crippen LogP contribution in [0.3, 0.4) is 0 Å². The smallest absolute Gasteiger partial charge is 0.265 e. The normalized spacial score (nSPS) is 13.5. The van der Waals surface area contributed by atoms with Crippen LogP contribution in [0.2, 0.25) is 0 Å². The summed E-state index contributed by atoms with van der Waals surface area (Å²) < 4.78 is 5.44. The first-order valence-electron chi connectivity index (χ1n) is 7.72. The summed E-state index contributed by atoms with van der Waals surface area (Å²) in [4.78, 5) is 22.5. The van der Waals surface area contributed by atoms with Crippen molar-refractivity contribution >= 4 is 17.5 Å². The Morgan fingerprint density at radius 3 is 2.74 bits per heavy atom. The Bertz CT molecular complexity index is 697. The number of anilines is 2. The predicted molar refractivity (Wildman–Crippen MR) is 88.9 cm³/mol. The summed E-state index contributed by atoms with van der Waals surface area (Å²) >= 11 is 0. The number of carbonyl (C=O) groups is 1. The van der Waals surface area contributed by atoms with Crippen molar-refractivity contribution < 1.29 is 9.53 Å². The molecule has 0 aliphatic carbocycles. The lowest BCUT2D eigenvalue weighted by molar-refractivity contribution is -0.121. The molecule has 0 fully saturated rings. The molecule has 6 heteroatoms. The zero-order valence-electron chi connectivity index (χ0n) is 13.4. The van der Waals surface area contributed by atoms with Gasteiger partial charge in [-0.1, -0.05) is 12.1 Å². The molecule has 120 valence electrons. The topological polar surface area (TPSA) is 67.4 Å². The largest absolute Gasteiger partial charge is 0.482 e. The molecule has 1 amide bonds. The summed E-state index contributed by atoms with van der Waals surface area (Å²) in [5.41, 5.74) is 2.72. The van der Waals surface area contributed by atoms with E-state index >= 15 is 0 Å². The zero-order chi connectivity index (χ0) is 16.2. The van der Waals surface area contributed by atoms with Crippen LogP contribution in [-0.4, -0.2) is 35.6 Å². The van der Waals surface area contributed by atoms with Gasteiger partial charge in [-0.2, -0.15) is 0 Å². The average Bonchev–Trinajstić information content (AvgIpc) is 2.52. The SMILES string of the molecule is Cc1cc(C)nc(NCCCN2C(=O)COc3ccccc32)n1. The van der Waals surface area contributed by atoms with Crippen molar-refractivity contribution in [2.24, 2.45) is 0 Å². The quantitative estimate of drug-likeness (QED) is 0.858. The van der Waals surface area contributed by atoms with Crippen LogP contribution < -0.4 is 15.0 Å². The molecule has 0 atom stereocenters. The van der Waals surface area contributed by atoms with Gasteiger partial charge in [-0.05, 0) is 38.5 Å². The van der Waals surface area contributed by atoms with Crippen molar-refractivity contribution in [3.8, 4) is 5.75 Å². The fraction of sp³-hybridized carbons (Fsp3) is 0.353. The first kappa shape index (κ1) is 15.3. The number of ether oxygens (including phenoxy) is 1. The second kappa shape index (κ2) is 6.64. The van der Waals surface area contributed by atoms with Crippen molar-refractivity contribution in [3.63, 3.8) is 0 Å². The van der Waals surface area contributed by atoms with Crippen molar-refractivity contribution in [3.05, 3.63) is 41.7 Å². The molecule has 6 nitrogen and oxygen atoms in total. The van der Waals surface area contributed by atoms with Gasteiger partial charge in [0.2, 0.25) is 5.95 Å². The molecule has 23 heavy (non-hydrogen) atoms. The molecular weight excluding hydrogens is 292 g/mol. The van der Waals surface area contributed by atoms with E-state index in [1.807, 2.05) is 44.2 Å². The third kappa shape index (κ3) is 3.59. The number of aromatic nitrogens is 2. The monoisotopic (exact) mass is 312 g/mol. The van der Waals surface area contributed by atoms with E-state index in [0.717, 1.165) is 29.2 Å². The molecule has 0 radical (unpaired) electrons. The second-order valence-electron chi connectivity index (χ2n) is 5.56. The molecule has 0 bridgehead atoms. The maximum Gasteiger partial charge on any atom is 0.265 e. The second-order valence-corrected chi connectivity index (χ2v) is 5.56. The molecule has 3 rings (SSSR count). The fourth-order valence-corrected chi connectivity index (χ4v) is 2.64. The standard InChI is InChI=1S/C17H20N4O2/c1-12-10-13(2)20-17(19-12)18-8-5-9-21-14-6-3-4-7-15(14)23-11-16(21)22/h3-4,6-7,10H,5,8-9,11H2,1-2H3,(H,18,19,20). The summed E-state index contributed by atoms with van der Waals surface area (Å²) in [7, 11) is 0. The zero-order valence-corrected chi connectivity index (χ0v) is 13.4. The number of hydrogen-bond acceptors (Lipinski definition) is 5. The Balaban J connectivity index is 1.57. The molecule has 1 aromatic heterocycles. The van der Waals surface area contributed by atoms with E-state index in [4.69, 9.17) is 4.74 Å². The minimum absolute atomic E-state index is 0.00801. The van der Waals surface area contributed by atoms with Gasteiger partial charge >= 0.3 is 0 Å². The van der Waals surface area contributed by atoms with E-state index in [-0.39, 0.29) is 12.5 Å². The molecule has 1 aliphatic rings. The van der Waals surface area contributed by atoms with Crippen molar-refractivity contribution in [2.45, 2.75) is 20.3 Å². The number of para-hydroxylation sites is 2. The minimum atomic E-state index is -0.00801. The Hall–Kier alpha value is -2.63. The van der Waals surface area contributed by atoms with Crippen LogP contribution in [-0.2, 0) is 4.79 Å². The number of nitrogens with zero attached hydrogens (tertiary/aromatic N) is 3. The van der Waals surface area contributed by atoms with Gasteiger partial charge in [-0.15, -0.1) is 0 Å². The van der Waals surface area contributed by atoms with Crippen LogP contribution in [0, 0.1) is 13.8 Å². The lowest BCUT2D eigenvalue weighted by Crippen LogP contribution is -2.39. The van der Waals surface area contributed by atoms with Crippen LogP contribution in [0.5, 0.6) is 5.75 Å². The van der Waals surface area contributed by atoms with E-state index < -0.39 is 0 Å². The molecule has 0 unspecified atom stereocenters. The summed E-state index contributed by atoms with van der Waals surface area (Å²) in [5.74, 6) is 1.39. The Labute approximate surface area is 135 Å². The van der Waals surface area contributed by atoms with Gasteiger partial charge in [0.1, 0.15) is 5.75 Å². The number of benzene rings is 1. The van der Waals surface area contributed by atoms with Gasteiger partial charge in [0.15, 0.2) is 6.61 Å². The van der Waals surface area contributed by atoms with Gasteiger partial charge in [0.05, 0.1) is 5.69 Å². The third-order valence-electron chi connectivity index (χ3n) is 3.63. The maximum absolute atomic E-state index is 12.1. The van der Waals surface area contributed by atoms with Crippen molar-refractivity contribution in [1.82, 2.24) is 9.97 Å². The first-order valence-corrected chi connectivity index (χ1v) is 7.72. The molecule has 0 saturated carbocycles. The highest BCUT2D eigenvalue weighted by molar-refractivity contribution is 5.97. The molecule has 2 heterocycles. The number of carbonyl (C=O) groups excluding carboxylic acids is 1. The number of fused-ring (bicyclic) bond motifs is 1. The molecule has 2 aromatic rings. The predicted octanol–water partition coefficient (Wildman–Crippen LogP) is 2.32. The van der Waals surface area contributed by atoms with E-state index in [9.17, 15) is 4.79 Å². The molecule has 1 N–H and O–H groups in total. The van der Waals surface area contributed by atoms with Crippen LogP contribution in [0.1, 0.15) is 17.8 Å². The molecular formula is C17H20N4O2. The van der Waals surface area contributed by atoms with E-state index in [1.165, 1.54) is 0 Å². The molecule has 0 saturated heterocycles. The Kier molecular flexibility index (Phi) is 4.41. The fourth-order valence-electron chi connectivity index (χ4n) is 2.64.